The summed E-state index contributed by atoms with van der Waals surface area (Å²) in [6.45, 7) is 8.37. The zero-order valence-corrected chi connectivity index (χ0v) is 14.1. The molecular formula is C16H27NO3S. The molecule has 4 nitrogen and oxygen atoms in total. The summed E-state index contributed by atoms with van der Waals surface area (Å²) in [7, 11) is -3.90. The van der Waals surface area contributed by atoms with Crippen LogP contribution in [0.2, 0.25) is 0 Å². The van der Waals surface area contributed by atoms with Crippen LogP contribution in [0.25, 0.3) is 0 Å². The van der Waals surface area contributed by atoms with Gasteiger partial charge in [-0.05, 0) is 30.0 Å². The molecule has 0 aromatic heterocycles. The number of benzene rings is 1. The topological polar surface area (TPSA) is 57.6 Å². The molecule has 1 N–H and O–H groups in total. The Hall–Kier alpha value is -0.910. The molecule has 5 heteroatoms. The zero-order valence-electron chi connectivity index (χ0n) is 13.2. The van der Waals surface area contributed by atoms with E-state index in [0.29, 0.717) is 12.5 Å². The van der Waals surface area contributed by atoms with Crippen molar-refractivity contribution in [3.05, 3.63) is 35.4 Å². The molecule has 0 fully saturated rings. The summed E-state index contributed by atoms with van der Waals surface area (Å²) in [6.07, 6.45) is 2.09. The van der Waals surface area contributed by atoms with E-state index in [1.165, 1.54) is 11.1 Å². The third kappa shape index (κ3) is 7.07. The first-order valence-electron chi connectivity index (χ1n) is 7.58. The number of hydrogen-bond acceptors (Lipinski definition) is 3. The molecule has 0 heterocycles. The van der Waals surface area contributed by atoms with E-state index in [0.717, 1.165) is 25.9 Å². The first-order valence-corrected chi connectivity index (χ1v) is 9.19. The van der Waals surface area contributed by atoms with Gasteiger partial charge in [0.05, 0.1) is 5.75 Å². The van der Waals surface area contributed by atoms with E-state index in [9.17, 15) is 8.42 Å². The quantitative estimate of drug-likeness (QED) is 0.711. The standard InChI is InChI=1S/C16H27NO3S/c1-4-5-10-17(11-12-21(18,19)20)13-15-8-6-7-9-16(15)14(2)3/h6-9,14H,4-5,10-13H2,1-3H3,(H,18,19,20). The maximum absolute atomic E-state index is 11.0. The van der Waals surface area contributed by atoms with Crippen LogP contribution < -0.4 is 0 Å². The smallest absolute Gasteiger partial charge is 0.266 e. The highest BCUT2D eigenvalue weighted by molar-refractivity contribution is 7.85. The molecule has 0 atom stereocenters. The van der Waals surface area contributed by atoms with Gasteiger partial charge in [-0.1, -0.05) is 51.5 Å². The van der Waals surface area contributed by atoms with Gasteiger partial charge in [-0.3, -0.25) is 9.45 Å². The van der Waals surface area contributed by atoms with E-state index in [1.54, 1.807) is 0 Å². The van der Waals surface area contributed by atoms with Gasteiger partial charge in [0, 0.05) is 13.1 Å². The summed E-state index contributed by atoms with van der Waals surface area (Å²) in [5, 5.41) is 0. The largest absolute Gasteiger partial charge is 0.298 e. The average Bonchev–Trinajstić information content (AvgIpc) is 2.41. The summed E-state index contributed by atoms with van der Waals surface area (Å²) >= 11 is 0. The van der Waals surface area contributed by atoms with Gasteiger partial charge in [0.25, 0.3) is 10.1 Å². The lowest BCUT2D eigenvalue weighted by molar-refractivity contribution is 0.273. The molecule has 1 rings (SSSR count). The van der Waals surface area contributed by atoms with Crippen molar-refractivity contribution in [2.75, 3.05) is 18.8 Å². The minimum atomic E-state index is -3.90. The molecule has 1 aromatic carbocycles. The fourth-order valence-electron chi connectivity index (χ4n) is 2.38. The van der Waals surface area contributed by atoms with Crippen molar-refractivity contribution >= 4 is 10.1 Å². The Labute approximate surface area is 128 Å². The highest BCUT2D eigenvalue weighted by atomic mass is 32.2. The van der Waals surface area contributed by atoms with Crippen LogP contribution in [-0.2, 0) is 16.7 Å². The molecule has 0 saturated carbocycles. The van der Waals surface area contributed by atoms with Crippen molar-refractivity contribution in [2.24, 2.45) is 0 Å². The van der Waals surface area contributed by atoms with Crippen LogP contribution in [-0.4, -0.2) is 36.7 Å². The first-order chi connectivity index (χ1) is 9.83. The van der Waals surface area contributed by atoms with Gasteiger partial charge in [-0.25, -0.2) is 0 Å². The van der Waals surface area contributed by atoms with Gasteiger partial charge >= 0.3 is 0 Å². The lowest BCUT2D eigenvalue weighted by Crippen LogP contribution is -2.30. The Morgan fingerprint density at radius 1 is 1.19 bits per heavy atom. The Morgan fingerprint density at radius 3 is 2.43 bits per heavy atom. The lowest BCUT2D eigenvalue weighted by Gasteiger charge is -2.24. The Morgan fingerprint density at radius 2 is 1.86 bits per heavy atom. The molecule has 120 valence electrons. The first kappa shape index (κ1) is 18.1. The fourth-order valence-corrected chi connectivity index (χ4v) is 2.87. The fraction of sp³-hybridized carbons (Fsp3) is 0.625. The van der Waals surface area contributed by atoms with Gasteiger partial charge in [0.1, 0.15) is 0 Å². The van der Waals surface area contributed by atoms with Crippen molar-refractivity contribution in [3.63, 3.8) is 0 Å². The number of hydrogen-bond donors (Lipinski definition) is 1. The molecule has 21 heavy (non-hydrogen) atoms. The van der Waals surface area contributed by atoms with E-state index in [-0.39, 0.29) is 5.75 Å². The Kier molecular flexibility index (Phi) is 7.35. The zero-order chi connectivity index (χ0) is 15.9. The van der Waals surface area contributed by atoms with Crippen molar-refractivity contribution in [1.29, 1.82) is 0 Å². The van der Waals surface area contributed by atoms with E-state index in [4.69, 9.17) is 4.55 Å². The van der Waals surface area contributed by atoms with E-state index >= 15 is 0 Å². The molecule has 0 aliphatic carbocycles. The van der Waals surface area contributed by atoms with Crippen LogP contribution in [0.15, 0.2) is 24.3 Å². The van der Waals surface area contributed by atoms with Gasteiger partial charge in [-0.2, -0.15) is 8.42 Å². The van der Waals surface area contributed by atoms with Crippen LogP contribution in [0.4, 0.5) is 0 Å². The van der Waals surface area contributed by atoms with Crippen LogP contribution in [0.1, 0.15) is 50.7 Å². The molecule has 0 spiro atoms. The third-order valence-corrected chi connectivity index (χ3v) is 4.26. The lowest BCUT2D eigenvalue weighted by atomic mass is 9.97. The second-order valence-electron chi connectivity index (χ2n) is 5.77. The normalized spacial score (nSPS) is 12.3. The van der Waals surface area contributed by atoms with Gasteiger partial charge < -0.3 is 0 Å². The number of rotatable bonds is 9. The predicted octanol–water partition coefficient (Wildman–Crippen LogP) is 3.30. The second-order valence-corrected chi connectivity index (χ2v) is 7.34. The minimum Gasteiger partial charge on any atom is -0.298 e. The second kappa shape index (κ2) is 8.51. The molecule has 0 aliphatic heterocycles. The van der Waals surface area contributed by atoms with Crippen molar-refractivity contribution in [3.8, 4) is 0 Å². The van der Waals surface area contributed by atoms with Gasteiger partial charge in [0.2, 0.25) is 0 Å². The van der Waals surface area contributed by atoms with E-state index in [2.05, 4.69) is 37.8 Å². The van der Waals surface area contributed by atoms with Crippen molar-refractivity contribution in [1.82, 2.24) is 4.90 Å². The maximum Gasteiger partial charge on any atom is 0.266 e. The average molecular weight is 313 g/mol. The van der Waals surface area contributed by atoms with Crippen LogP contribution in [0.3, 0.4) is 0 Å². The predicted molar refractivity (Wildman–Crippen MR) is 87.1 cm³/mol. The third-order valence-electron chi connectivity index (χ3n) is 3.56. The summed E-state index contributed by atoms with van der Waals surface area (Å²) in [5.74, 6) is 0.233. The SMILES string of the molecule is CCCCN(CCS(=O)(=O)O)Cc1ccccc1C(C)C. The van der Waals surface area contributed by atoms with Crippen molar-refractivity contribution in [2.45, 2.75) is 46.1 Å². The van der Waals surface area contributed by atoms with Gasteiger partial charge in [-0.15, -0.1) is 0 Å². The minimum absolute atomic E-state index is 0.208. The summed E-state index contributed by atoms with van der Waals surface area (Å²) in [6, 6.07) is 8.28. The van der Waals surface area contributed by atoms with Crippen LogP contribution in [0.5, 0.6) is 0 Å². The molecule has 0 unspecified atom stereocenters. The van der Waals surface area contributed by atoms with E-state index < -0.39 is 10.1 Å². The summed E-state index contributed by atoms with van der Waals surface area (Å²) in [4.78, 5) is 2.11. The summed E-state index contributed by atoms with van der Waals surface area (Å²) in [5.41, 5.74) is 2.53. The number of nitrogens with zero attached hydrogens (tertiary/aromatic N) is 1. The molecule has 0 radical (unpaired) electrons. The van der Waals surface area contributed by atoms with Crippen LogP contribution in [0, 0.1) is 0 Å². The van der Waals surface area contributed by atoms with Gasteiger partial charge in [0.15, 0.2) is 0 Å². The maximum atomic E-state index is 11.0. The Bertz CT molecular complexity index is 526. The Balaban J connectivity index is 2.80. The molecule has 0 aliphatic rings. The molecule has 0 saturated heterocycles. The van der Waals surface area contributed by atoms with E-state index in [1.807, 2.05) is 12.1 Å². The monoisotopic (exact) mass is 313 g/mol. The highest BCUT2D eigenvalue weighted by Gasteiger charge is 2.13. The summed E-state index contributed by atoms with van der Waals surface area (Å²) < 4.78 is 30.9. The van der Waals surface area contributed by atoms with Crippen molar-refractivity contribution < 1.29 is 13.0 Å². The molecule has 0 bridgehead atoms. The van der Waals surface area contributed by atoms with Crippen LogP contribution >= 0.6 is 0 Å². The highest BCUT2D eigenvalue weighted by Crippen LogP contribution is 2.20. The molecular weight excluding hydrogens is 286 g/mol. The molecule has 1 aromatic rings. The number of unbranched alkanes of at least 4 members (excludes halogenated alkanes) is 1. The molecule has 0 amide bonds.